The summed E-state index contributed by atoms with van der Waals surface area (Å²) in [5.41, 5.74) is -0.380. The molecular weight excluding hydrogens is 277 g/mol. The molecule has 2 aromatic rings. The summed E-state index contributed by atoms with van der Waals surface area (Å²) in [6, 6.07) is 3.89. The molecule has 0 spiro atoms. The zero-order chi connectivity index (χ0) is 14.9. The molecule has 0 aliphatic carbocycles. The fourth-order valence-corrected chi connectivity index (χ4v) is 1.89. The summed E-state index contributed by atoms with van der Waals surface area (Å²) >= 11 is 0. The van der Waals surface area contributed by atoms with E-state index in [4.69, 9.17) is 0 Å². The van der Waals surface area contributed by atoms with Crippen LogP contribution < -0.4 is 5.32 Å². The van der Waals surface area contributed by atoms with Crippen molar-refractivity contribution in [2.24, 2.45) is 0 Å². The number of halogens is 5. The lowest BCUT2D eigenvalue weighted by molar-refractivity contribution is 0.447. The van der Waals surface area contributed by atoms with Gasteiger partial charge in [0.2, 0.25) is 0 Å². The molecule has 6 heteroatoms. The van der Waals surface area contributed by atoms with Gasteiger partial charge in [-0.1, -0.05) is 6.07 Å². The highest BCUT2D eigenvalue weighted by Gasteiger charge is 2.17. The van der Waals surface area contributed by atoms with Gasteiger partial charge in [0.1, 0.15) is 11.6 Å². The molecule has 1 nitrogen and oxygen atoms in total. The molecular formula is C14H10F5N. The van der Waals surface area contributed by atoms with E-state index in [-0.39, 0.29) is 11.3 Å². The first-order valence-electron chi connectivity index (χ1n) is 5.75. The van der Waals surface area contributed by atoms with Crippen molar-refractivity contribution in [2.75, 3.05) is 5.32 Å². The molecule has 106 valence electrons. The van der Waals surface area contributed by atoms with Crippen molar-refractivity contribution in [3.05, 3.63) is 65.0 Å². The highest BCUT2D eigenvalue weighted by atomic mass is 19.2. The summed E-state index contributed by atoms with van der Waals surface area (Å²) in [4.78, 5) is 0. The Labute approximate surface area is 112 Å². The Morgan fingerprint density at radius 3 is 1.85 bits per heavy atom. The maximum atomic E-state index is 13.5. The van der Waals surface area contributed by atoms with Crippen LogP contribution in [0.4, 0.5) is 27.6 Å². The molecule has 1 atom stereocenters. The molecule has 0 fully saturated rings. The first-order chi connectivity index (χ1) is 9.40. The quantitative estimate of drug-likeness (QED) is 0.645. The van der Waals surface area contributed by atoms with Crippen LogP contribution in [-0.4, -0.2) is 0 Å². The van der Waals surface area contributed by atoms with E-state index in [1.54, 1.807) is 0 Å². The predicted octanol–water partition coefficient (Wildman–Crippen LogP) is 4.56. The third kappa shape index (κ3) is 2.74. The van der Waals surface area contributed by atoms with Gasteiger partial charge in [-0.15, -0.1) is 0 Å². The Bertz CT molecular complexity index is 598. The van der Waals surface area contributed by atoms with Crippen molar-refractivity contribution >= 4 is 5.69 Å². The number of rotatable bonds is 3. The van der Waals surface area contributed by atoms with Crippen LogP contribution in [0, 0.1) is 29.1 Å². The van der Waals surface area contributed by atoms with Crippen LogP contribution in [0.2, 0.25) is 0 Å². The maximum Gasteiger partial charge on any atom is 0.194 e. The van der Waals surface area contributed by atoms with Crippen molar-refractivity contribution in [3.8, 4) is 0 Å². The minimum Gasteiger partial charge on any atom is -0.378 e. The van der Waals surface area contributed by atoms with Gasteiger partial charge in [-0.3, -0.25) is 0 Å². The average Bonchev–Trinajstić information content (AvgIpc) is 2.35. The molecule has 2 rings (SSSR count). The molecule has 0 aromatic heterocycles. The summed E-state index contributed by atoms with van der Waals surface area (Å²) in [5, 5.41) is 2.52. The average molecular weight is 287 g/mol. The molecule has 20 heavy (non-hydrogen) atoms. The zero-order valence-electron chi connectivity index (χ0n) is 10.4. The van der Waals surface area contributed by atoms with Crippen LogP contribution in [0.5, 0.6) is 0 Å². The van der Waals surface area contributed by atoms with Gasteiger partial charge in [0.05, 0.1) is 6.04 Å². The van der Waals surface area contributed by atoms with Gasteiger partial charge in [-0.05, 0) is 19.1 Å². The number of anilines is 1. The highest BCUT2D eigenvalue weighted by Crippen LogP contribution is 2.26. The van der Waals surface area contributed by atoms with Gasteiger partial charge < -0.3 is 5.32 Å². The Kier molecular flexibility index (Phi) is 3.92. The molecule has 0 saturated heterocycles. The van der Waals surface area contributed by atoms with E-state index in [0.29, 0.717) is 12.1 Å². The Morgan fingerprint density at radius 2 is 1.35 bits per heavy atom. The molecule has 1 unspecified atom stereocenters. The summed E-state index contributed by atoms with van der Waals surface area (Å²) in [6.45, 7) is 1.42. The van der Waals surface area contributed by atoms with Gasteiger partial charge in [-0.25, -0.2) is 22.0 Å². The fraction of sp³-hybridized carbons (Fsp3) is 0.143. The summed E-state index contributed by atoms with van der Waals surface area (Å²) < 4.78 is 66.0. The minimum atomic E-state index is -1.60. The van der Waals surface area contributed by atoms with Crippen molar-refractivity contribution in [2.45, 2.75) is 13.0 Å². The topological polar surface area (TPSA) is 12.0 Å². The van der Waals surface area contributed by atoms with Crippen molar-refractivity contribution < 1.29 is 22.0 Å². The summed E-state index contributed by atoms with van der Waals surface area (Å²) in [7, 11) is 0. The van der Waals surface area contributed by atoms with Crippen LogP contribution in [0.25, 0.3) is 0 Å². The van der Waals surface area contributed by atoms with E-state index in [9.17, 15) is 22.0 Å². The smallest absolute Gasteiger partial charge is 0.194 e. The van der Waals surface area contributed by atoms with Gasteiger partial charge in [0.25, 0.3) is 0 Å². The van der Waals surface area contributed by atoms with E-state index in [2.05, 4.69) is 5.32 Å². The summed E-state index contributed by atoms with van der Waals surface area (Å²) in [6.07, 6.45) is 0. The standard InChI is InChI=1S/C14H10F5N/c1-7(13-9(15)3-2-4-10(13)16)20-8-5-11(17)14(19)12(18)6-8/h2-7,20H,1H3. The van der Waals surface area contributed by atoms with Gasteiger partial charge in [-0.2, -0.15) is 0 Å². The second kappa shape index (κ2) is 5.48. The van der Waals surface area contributed by atoms with Crippen LogP contribution in [0.3, 0.4) is 0 Å². The Morgan fingerprint density at radius 1 is 0.850 bits per heavy atom. The van der Waals surface area contributed by atoms with Crippen LogP contribution in [0.1, 0.15) is 18.5 Å². The van der Waals surface area contributed by atoms with Gasteiger partial charge >= 0.3 is 0 Å². The molecule has 0 radical (unpaired) electrons. The van der Waals surface area contributed by atoms with E-state index in [1.165, 1.54) is 13.0 Å². The largest absolute Gasteiger partial charge is 0.378 e. The van der Waals surface area contributed by atoms with Crippen molar-refractivity contribution in [3.63, 3.8) is 0 Å². The second-order valence-electron chi connectivity index (χ2n) is 4.26. The fourth-order valence-electron chi connectivity index (χ4n) is 1.89. The van der Waals surface area contributed by atoms with Crippen LogP contribution in [0.15, 0.2) is 30.3 Å². The molecule has 0 bridgehead atoms. The molecule has 0 amide bonds. The Hall–Kier alpha value is -2.11. The molecule has 1 N–H and O–H groups in total. The number of nitrogens with one attached hydrogen (secondary N) is 1. The zero-order valence-corrected chi connectivity index (χ0v) is 10.4. The molecule has 0 saturated carbocycles. The second-order valence-corrected chi connectivity index (χ2v) is 4.26. The lowest BCUT2D eigenvalue weighted by Crippen LogP contribution is -2.11. The number of hydrogen-bond acceptors (Lipinski definition) is 1. The summed E-state index contributed by atoms with van der Waals surface area (Å²) in [5.74, 6) is -5.93. The van der Waals surface area contributed by atoms with Crippen LogP contribution in [-0.2, 0) is 0 Å². The van der Waals surface area contributed by atoms with Crippen LogP contribution >= 0.6 is 0 Å². The van der Waals surface area contributed by atoms with E-state index >= 15 is 0 Å². The monoisotopic (exact) mass is 287 g/mol. The number of hydrogen-bond donors (Lipinski definition) is 1. The van der Waals surface area contributed by atoms with Gasteiger partial charge in [0.15, 0.2) is 17.5 Å². The lowest BCUT2D eigenvalue weighted by Gasteiger charge is -2.17. The minimum absolute atomic E-state index is 0.114. The normalized spacial score (nSPS) is 12.3. The third-order valence-corrected chi connectivity index (χ3v) is 2.80. The maximum absolute atomic E-state index is 13.5. The van der Waals surface area contributed by atoms with Crippen molar-refractivity contribution in [1.82, 2.24) is 0 Å². The molecule has 0 aliphatic heterocycles. The molecule has 0 aliphatic rings. The van der Waals surface area contributed by atoms with E-state index in [1.807, 2.05) is 0 Å². The molecule has 0 heterocycles. The van der Waals surface area contributed by atoms with E-state index < -0.39 is 35.1 Å². The molecule has 2 aromatic carbocycles. The van der Waals surface area contributed by atoms with E-state index in [0.717, 1.165) is 12.1 Å². The third-order valence-electron chi connectivity index (χ3n) is 2.80. The van der Waals surface area contributed by atoms with Crippen molar-refractivity contribution in [1.29, 1.82) is 0 Å². The predicted molar refractivity (Wildman–Crippen MR) is 64.7 cm³/mol. The Balaban J connectivity index is 2.30. The lowest BCUT2D eigenvalue weighted by atomic mass is 10.1. The number of benzene rings is 2. The SMILES string of the molecule is CC(Nc1cc(F)c(F)c(F)c1)c1c(F)cccc1F. The first-order valence-corrected chi connectivity index (χ1v) is 5.75. The van der Waals surface area contributed by atoms with Gasteiger partial charge in [0, 0.05) is 23.4 Å². The first kappa shape index (κ1) is 14.3. The highest BCUT2D eigenvalue weighted by molar-refractivity contribution is 5.46.